The number of hydrogen-bond donors (Lipinski definition) is 4. The van der Waals surface area contributed by atoms with Gasteiger partial charge in [-0.25, -0.2) is 4.98 Å². The highest BCUT2D eigenvalue weighted by Gasteiger charge is 2.15. The fourth-order valence-electron chi connectivity index (χ4n) is 2.49. The lowest BCUT2D eigenvalue weighted by Crippen LogP contribution is -2.23. The van der Waals surface area contributed by atoms with Crippen molar-refractivity contribution in [2.75, 3.05) is 24.3 Å². The zero-order valence-electron chi connectivity index (χ0n) is 15.3. The molecule has 0 atom stereocenters. The number of anilines is 2. The van der Waals surface area contributed by atoms with E-state index in [1.54, 1.807) is 6.07 Å². The average molecular weight is 417 g/mol. The van der Waals surface area contributed by atoms with E-state index < -0.39 is 11.5 Å². The number of rotatable bonds is 6. The van der Waals surface area contributed by atoms with E-state index >= 15 is 0 Å². The Labute approximate surface area is 169 Å². The molecule has 0 aliphatic carbocycles. The zero-order valence-corrected chi connectivity index (χ0v) is 16.0. The first-order valence-electron chi connectivity index (χ1n) is 8.46. The second-order valence-corrected chi connectivity index (χ2v) is 6.32. The molecule has 0 saturated carbocycles. The van der Waals surface area contributed by atoms with Crippen molar-refractivity contribution < 1.29 is 14.3 Å². The molecule has 5 N–H and O–H groups in total. The van der Waals surface area contributed by atoms with Crippen molar-refractivity contribution in [1.29, 1.82) is 0 Å². The van der Waals surface area contributed by atoms with E-state index in [-0.39, 0.29) is 46.8 Å². The summed E-state index contributed by atoms with van der Waals surface area (Å²) in [6, 6.07) is 6.03. The molecule has 0 fully saturated rings. The first-order chi connectivity index (χ1) is 13.9. The van der Waals surface area contributed by atoms with Gasteiger partial charge in [-0.3, -0.25) is 14.4 Å². The topological polar surface area (TPSA) is 152 Å². The number of halogens is 1. The van der Waals surface area contributed by atoms with E-state index in [1.807, 2.05) is 0 Å². The number of carbonyl (C=O) groups excluding carboxylic acids is 2. The van der Waals surface area contributed by atoms with Gasteiger partial charge in [-0.15, -0.1) is 0 Å². The van der Waals surface area contributed by atoms with E-state index in [4.69, 9.17) is 22.1 Å². The van der Waals surface area contributed by atoms with Crippen LogP contribution in [0.25, 0.3) is 11.0 Å². The Morgan fingerprint density at radius 3 is 2.79 bits per heavy atom. The third-order valence-corrected chi connectivity index (χ3v) is 4.20. The smallest absolute Gasteiger partial charge is 0.318 e. The van der Waals surface area contributed by atoms with Gasteiger partial charge in [0.05, 0.1) is 17.8 Å². The number of hydrogen-bond acceptors (Lipinski definition) is 7. The molecule has 0 radical (unpaired) electrons. The molecule has 0 unspecified atom stereocenters. The number of methoxy groups -OCH3 is 1. The van der Waals surface area contributed by atoms with Crippen LogP contribution in [0.1, 0.15) is 16.8 Å². The largest absolute Gasteiger partial charge is 0.467 e. The zero-order chi connectivity index (χ0) is 21.0. The lowest BCUT2D eigenvalue weighted by molar-refractivity contribution is -0.116. The molecule has 0 aliphatic heterocycles. The molecule has 3 aromatic rings. The van der Waals surface area contributed by atoms with Crippen LogP contribution in [-0.4, -0.2) is 40.4 Å². The predicted molar refractivity (Wildman–Crippen MR) is 108 cm³/mol. The van der Waals surface area contributed by atoms with Gasteiger partial charge in [0, 0.05) is 30.2 Å². The van der Waals surface area contributed by atoms with Crippen molar-refractivity contribution in [3.05, 3.63) is 51.4 Å². The normalized spacial score (nSPS) is 10.6. The van der Waals surface area contributed by atoms with Gasteiger partial charge in [-0.2, -0.15) is 4.98 Å². The summed E-state index contributed by atoms with van der Waals surface area (Å²) in [5, 5.41) is 5.90. The number of carbonyl (C=O) groups is 2. The lowest BCUT2D eigenvalue weighted by atomic mass is 10.2. The minimum atomic E-state index is -0.684. The van der Waals surface area contributed by atoms with Crippen LogP contribution in [0.3, 0.4) is 0 Å². The van der Waals surface area contributed by atoms with Crippen molar-refractivity contribution in [2.24, 2.45) is 5.73 Å². The number of nitrogens with one attached hydrogen (secondary N) is 3. The Balaban J connectivity index is 1.87. The Kier molecular flexibility index (Phi) is 6.05. The van der Waals surface area contributed by atoms with Crippen molar-refractivity contribution in [3.8, 4) is 6.01 Å². The van der Waals surface area contributed by atoms with Gasteiger partial charge in [-0.1, -0.05) is 11.6 Å². The van der Waals surface area contributed by atoms with Crippen LogP contribution < -0.4 is 26.7 Å². The van der Waals surface area contributed by atoms with Gasteiger partial charge < -0.3 is 26.1 Å². The Morgan fingerprint density at radius 2 is 2.07 bits per heavy atom. The molecular formula is C18H17ClN6O4. The number of aromatic nitrogens is 3. The van der Waals surface area contributed by atoms with Crippen molar-refractivity contribution >= 4 is 45.8 Å². The molecule has 0 bridgehead atoms. The lowest BCUT2D eigenvalue weighted by Gasteiger charge is -2.11. The molecule has 0 saturated heterocycles. The highest BCUT2D eigenvalue weighted by molar-refractivity contribution is 6.34. The summed E-state index contributed by atoms with van der Waals surface area (Å²) in [7, 11) is 1.40. The number of amides is 2. The monoisotopic (exact) mass is 416 g/mol. The van der Waals surface area contributed by atoms with E-state index in [2.05, 4.69) is 25.6 Å². The van der Waals surface area contributed by atoms with E-state index in [0.29, 0.717) is 11.1 Å². The van der Waals surface area contributed by atoms with Crippen LogP contribution >= 0.6 is 11.6 Å². The fourth-order valence-corrected chi connectivity index (χ4v) is 2.65. The number of benzene rings is 1. The molecule has 150 valence electrons. The predicted octanol–water partition coefficient (Wildman–Crippen LogP) is 1.52. The van der Waals surface area contributed by atoms with Crippen molar-refractivity contribution in [3.63, 3.8) is 0 Å². The maximum absolute atomic E-state index is 12.6. The maximum atomic E-state index is 12.6. The summed E-state index contributed by atoms with van der Waals surface area (Å²) >= 11 is 6.13. The Bertz CT molecular complexity index is 1150. The molecule has 3 rings (SSSR count). The van der Waals surface area contributed by atoms with E-state index in [9.17, 15) is 14.4 Å². The second-order valence-electron chi connectivity index (χ2n) is 5.91. The molecule has 2 aromatic heterocycles. The second kappa shape index (κ2) is 8.67. The maximum Gasteiger partial charge on any atom is 0.318 e. The molecule has 2 heterocycles. The summed E-state index contributed by atoms with van der Waals surface area (Å²) in [6.45, 7) is 0.212. The molecule has 10 nitrogen and oxygen atoms in total. The number of ether oxygens (including phenoxy) is 1. The third kappa shape index (κ3) is 4.68. The van der Waals surface area contributed by atoms with Crippen LogP contribution in [0.4, 0.5) is 11.4 Å². The van der Waals surface area contributed by atoms with Crippen LogP contribution in [-0.2, 0) is 4.79 Å². The molecule has 1 aromatic carbocycles. The molecule has 0 spiro atoms. The van der Waals surface area contributed by atoms with Gasteiger partial charge in [-0.05, 0) is 24.3 Å². The van der Waals surface area contributed by atoms with Crippen LogP contribution in [0, 0.1) is 0 Å². The van der Waals surface area contributed by atoms with Crippen molar-refractivity contribution in [1.82, 2.24) is 15.0 Å². The first-order valence-corrected chi connectivity index (χ1v) is 8.84. The summed E-state index contributed by atoms with van der Waals surface area (Å²) in [5.74, 6) is -0.954. The van der Waals surface area contributed by atoms with Gasteiger partial charge in [0.15, 0.2) is 0 Å². The standard InChI is InChI=1S/C18H17ClN6O4/c1-29-18-21-8-9-6-11(17(28)24-15(9)25-18)16(27)23-13-7-10(2-3-12(13)19)22-14(26)4-5-20/h2-3,6-8H,4-5,20H2,1H3,(H,22,26)(H,23,27)(H,21,24,25,28). The Hall–Kier alpha value is -3.50. The summed E-state index contributed by atoms with van der Waals surface area (Å²) in [5.41, 5.74) is 5.45. The highest BCUT2D eigenvalue weighted by Crippen LogP contribution is 2.26. The average Bonchev–Trinajstić information content (AvgIpc) is 2.69. The van der Waals surface area contributed by atoms with Gasteiger partial charge in [0.25, 0.3) is 11.5 Å². The SMILES string of the molecule is COc1ncc2cc(C(=O)Nc3cc(NC(=O)CCN)ccc3Cl)c(=O)[nH]c2n1. The number of pyridine rings is 1. The number of fused-ring (bicyclic) bond motifs is 1. The van der Waals surface area contributed by atoms with E-state index in [1.165, 1.54) is 31.5 Å². The third-order valence-electron chi connectivity index (χ3n) is 3.87. The molecule has 29 heavy (non-hydrogen) atoms. The van der Waals surface area contributed by atoms with Crippen LogP contribution in [0.15, 0.2) is 35.3 Å². The quantitative estimate of drug-likeness (QED) is 0.475. The molecule has 2 amide bonds. The van der Waals surface area contributed by atoms with Crippen LogP contribution in [0.2, 0.25) is 5.02 Å². The number of aromatic amines is 1. The van der Waals surface area contributed by atoms with Gasteiger partial charge >= 0.3 is 6.01 Å². The minimum Gasteiger partial charge on any atom is -0.467 e. The van der Waals surface area contributed by atoms with Crippen molar-refractivity contribution in [2.45, 2.75) is 6.42 Å². The summed E-state index contributed by atoms with van der Waals surface area (Å²) < 4.78 is 4.91. The summed E-state index contributed by atoms with van der Waals surface area (Å²) in [6.07, 6.45) is 1.58. The fraction of sp³-hybridized carbons (Fsp3) is 0.167. The van der Waals surface area contributed by atoms with Gasteiger partial charge in [0.2, 0.25) is 5.91 Å². The first kappa shape index (κ1) is 20.2. The van der Waals surface area contributed by atoms with Crippen LogP contribution in [0.5, 0.6) is 6.01 Å². The van der Waals surface area contributed by atoms with E-state index in [0.717, 1.165) is 0 Å². The molecular weight excluding hydrogens is 400 g/mol. The molecule has 0 aliphatic rings. The summed E-state index contributed by atoms with van der Waals surface area (Å²) in [4.78, 5) is 47.1. The Morgan fingerprint density at radius 1 is 1.28 bits per heavy atom. The minimum absolute atomic E-state index is 0.0885. The molecule has 11 heteroatoms. The number of nitrogens with zero attached hydrogens (tertiary/aromatic N) is 2. The van der Waals surface area contributed by atoms with Gasteiger partial charge in [0.1, 0.15) is 11.2 Å². The number of nitrogens with two attached hydrogens (primary N) is 1. The number of H-pyrrole nitrogens is 1. The highest BCUT2D eigenvalue weighted by atomic mass is 35.5.